The van der Waals surface area contributed by atoms with Crippen molar-refractivity contribution < 1.29 is 0 Å². The van der Waals surface area contributed by atoms with Crippen molar-refractivity contribution in [3.63, 3.8) is 0 Å². The minimum Gasteiger partial charge on any atom is -0.316 e. The van der Waals surface area contributed by atoms with E-state index in [0.29, 0.717) is 4.75 Å². The first-order valence-electron chi connectivity index (χ1n) is 7.10. The Morgan fingerprint density at radius 2 is 2.12 bits per heavy atom. The van der Waals surface area contributed by atoms with E-state index >= 15 is 0 Å². The van der Waals surface area contributed by atoms with Crippen LogP contribution in [0.4, 0.5) is 0 Å². The molecule has 1 saturated heterocycles. The first-order chi connectivity index (χ1) is 8.03. The zero-order valence-corrected chi connectivity index (χ0v) is 12.9. The molecule has 2 nitrogen and oxygen atoms in total. The Labute approximate surface area is 112 Å². The van der Waals surface area contributed by atoms with Crippen LogP contribution in [0.3, 0.4) is 0 Å². The topological polar surface area (TPSA) is 15.3 Å². The van der Waals surface area contributed by atoms with Gasteiger partial charge in [-0.15, -0.1) is 0 Å². The van der Waals surface area contributed by atoms with Crippen LogP contribution in [0.2, 0.25) is 0 Å². The number of hydrogen-bond donors (Lipinski definition) is 1. The predicted molar refractivity (Wildman–Crippen MR) is 79.9 cm³/mol. The van der Waals surface area contributed by atoms with Crippen LogP contribution in [0.5, 0.6) is 0 Å². The Morgan fingerprint density at radius 3 is 2.82 bits per heavy atom. The predicted octanol–water partition coefficient (Wildman–Crippen LogP) is 2.84. The van der Waals surface area contributed by atoms with E-state index in [2.05, 4.69) is 49.7 Å². The summed E-state index contributed by atoms with van der Waals surface area (Å²) in [5, 5.41) is 3.52. The second-order valence-corrected chi connectivity index (χ2v) is 7.77. The van der Waals surface area contributed by atoms with Crippen molar-refractivity contribution in [2.24, 2.45) is 5.92 Å². The SMILES string of the molecule is CCCNCC(C)CN1CCSC(C)(C)CC1. The molecule has 1 rings (SSSR count). The highest BCUT2D eigenvalue weighted by atomic mass is 32.2. The lowest BCUT2D eigenvalue weighted by molar-refractivity contribution is 0.243. The van der Waals surface area contributed by atoms with Gasteiger partial charge in [0, 0.05) is 23.6 Å². The van der Waals surface area contributed by atoms with Crippen LogP contribution >= 0.6 is 11.8 Å². The van der Waals surface area contributed by atoms with Gasteiger partial charge in [-0.05, 0) is 38.4 Å². The van der Waals surface area contributed by atoms with Crippen molar-refractivity contribution in [1.82, 2.24) is 10.2 Å². The van der Waals surface area contributed by atoms with Gasteiger partial charge in [0.15, 0.2) is 0 Å². The highest BCUT2D eigenvalue weighted by molar-refractivity contribution is 8.00. The van der Waals surface area contributed by atoms with E-state index in [9.17, 15) is 0 Å². The van der Waals surface area contributed by atoms with Crippen LogP contribution in [0.1, 0.15) is 40.5 Å². The van der Waals surface area contributed by atoms with E-state index < -0.39 is 0 Å². The molecule has 17 heavy (non-hydrogen) atoms. The molecule has 1 aliphatic heterocycles. The second kappa shape index (κ2) is 7.65. The monoisotopic (exact) mass is 258 g/mol. The summed E-state index contributed by atoms with van der Waals surface area (Å²) in [4.78, 5) is 2.65. The highest BCUT2D eigenvalue weighted by Crippen LogP contribution is 2.30. The van der Waals surface area contributed by atoms with Crippen LogP contribution in [-0.4, -0.2) is 48.1 Å². The number of hydrogen-bond acceptors (Lipinski definition) is 3. The molecule has 1 N–H and O–H groups in total. The fraction of sp³-hybridized carbons (Fsp3) is 1.00. The summed E-state index contributed by atoms with van der Waals surface area (Å²) in [7, 11) is 0. The Hall–Kier alpha value is 0.270. The summed E-state index contributed by atoms with van der Waals surface area (Å²) >= 11 is 2.14. The lowest BCUT2D eigenvalue weighted by Crippen LogP contribution is -2.35. The molecule has 1 fully saturated rings. The Morgan fingerprint density at radius 1 is 1.35 bits per heavy atom. The van der Waals surface area contributed by atoms with Gasteiger partial charge < -0.3 is 10.2 Å². The quantitative estimate of drug-likeness (QED) is 0.738. The van der Waals surface area contributed by atoms with Gasteiger partial charge in [0.25, 0.3) is 0 Å². The maximum absolute atomic E-state index is 3.52. The van der Waals surface area contributed by atoms with E-state index in [0.717, 1.165) is 12.5 Å². The Kier molecular flexibility index (Phi) is 6.90. The van der Waals surface area contributed by atoms with Crippen LogP contribution in [-0.2, 0) is 0 Å². The van der Waals surface area contributed by atoms with Crippen molar-refractivity contribution in [3.05, 3.63) is 0 Å². The van der Waals surface area contributed by atoms with Crippen LogP contribution in [0.15, 0.2) is 0 Å². The molecular formula is C14H30N2S. The number of nitrogens with one attached hydrogen (secondary N) is 1. The summed E-state index contributed by atoms with van der Waals surface area (Å²) < 4.78 is 0.485. The fourth-order valence-electron chi connectivity index (χ4n) is 2.28. The summed E-state index contributed by atoms with van der Waals surface area (Å²) in [6.07, 6.45) is 2.56. The summed E-state index contributed by atoms with van der Waals surface area (Å²) in [6, 6.07) is 0. The standard InChI is InChI=1S/C14H30N2S/c1-5-7-15-11-13(2)12-16-8-6-14(3,4)17-10-9-16/h13,15H,5-12H2,1-4H3. The van der Waals surface area contributed by atoms with Gasteiger partial charge in [-0.1, -0.05) is 27.7 Å². The molecule has 0 amide bonds. The molecule has 0 saturated carbocycles. The molecule has 1 unspecified atom stereocenters. The van der Waals surface area contributed by atoms with Crippen LogP contribution in [0, 0.1) is 5.92 Å². The molecular weight excluding hydrogens is 228 g/mol. The molecule has 0 aliphatic carbocycles. The van der Waals surface area contributed by atoms with Gasteiger partial charge >= 0.3 is 0 Å². The lowest BCUT2D eigenvalue weighted by Gasteiger charge is -2.25. The minimum absolute atomic E-state index is 0.485. The maximum atomic E-state index is 3.52. The van der Waals surface area contributed by atoms with Crippen molar-refractivity contribution in [2.45, 2.75) is 45.3 Å². The van der Waals surface area contributed by atoms with Crippen LogP contribution in [0.25, 0.3) is 0 Å². The molecule has 0 radical (unpaired) electrons. The first kappa shape index (κ1) is 15.3. The summed E-state index contributed by atoms with van der Waals surface area (Å²) in [6.45, 7) is 15.5. The minimum atomic E-state index is 0.485. The molecule has 0 bridgehead atoms. The van der Waals surface area contributed by atoms with Crippen molar-refractivity contribution in [3.8, 4) is 0 Å². The molecule has 3 heteroatoms. The molecule has 0 aromatic heterocycles. The lowest BCUT2D eigenvalue weighted by atomic mass is 10.1. The summed E-state index contributed by atoms with van der Waals surface area (Å²) in [5.41, 5.74) is 0. The average Bonchev–Trinajstić information content (AvgIpc) is 2.41. The third-order valence-corrected chi connectivity index (χ3v) is 4.79. The van der Waals surface area contributed by atoms with Gasteiger partial charge in [0.05, 0.1) is 0 Å². The van der Waals surface area contributed by atoms with Gasteiger partial charge in [-0.25, -0.2) is 0 Å². The average molecular weight is 258 g/mol. The fourth-order valence-corrected chi connectivity index (χ4v) is 3.41. The Balaban J connectivity index is 2.22. The molecule has 1 heterocycles. The number of rotatable bonds is 6. The van der Waals surface area contributed by atoms with E-state index in [1.54, 1.807) is 0 Å². The third kappa shape index (κ3) is 6.68. The van der Waals surface area contributed by atoms with Crippen molar-refractivity contribution in [2.75, 3.05) is 38.5 Å². The largest absolute Gasteiger partial charge is 0.316 e. The Bertz CT molecular complexity index is 206. The van der Waals surface area contributed by atoms with Gasteiger partial charge in [-0.3, -0.25) is 0 Å². The zero-order chi connectivity index (χ0) is 12.7. The van der Waals surface area contributed by atoms with Crippen LogP contribution < -0.4 is 5.32 Å². The third-order valence-electron chi connectivity index (χ3n) is 3.42. The molecule has 0 aromatic carbocycles. The van der Waals surface area contributed by atoms with Gasteiger partial charge in [0.2, 0.25) is 0 Å². The number of thioether (sulfide) groups is 1. The van der Waals surface area contributed by atoms with E-state index in [4.69, 9.17) is 0 Å². The van der Waals surface area contributed by atoms with Gasteiger partial charge in [0.1, 0.15) is 0 Å². The van der Waals surface area contributed by atoms with E-state index in [-0.39, 0.29) is 0 Å². The van der Waals surface area contributed by atoms with E-state index in [1.165, 1.54) is 44.8 Å². The normalized spacial score (nSPS) is 23.3. The second-order valence-electron chi connectivity index (χ2n) is 5.97. The number of nitrogens with zero attached hydrogens (tertiary/aromatic N) is 1. The van der Waals surface area contributed by atoms with Crippen molar-refractivity contribution >= 4 is 11.8 Å². The molecule has 0 spiro atoms. The van der Waals surface area contributed by atoms with Gasteiger partial charge in [-0.2, -0.15) is 11.8 Å². The molecule has 0 aromatic rings. The molecule has 1 aliphatic rings. The molecule has 1 atom stereocenters. The zero-order valence-electron chi connectivity index (χ0n) is 12.1. The molecule has 102 valence electrons. The highest BCUT2D eigenvalue weighted by Gasteiger charge is 2.23. The maximum Gasteiger partial charge on any atom is 0.0116 e. The van der Waals surface area contributed by atoms with Crippen molar-refractivity contribution in [1.29, 1.82) is 0 Å². The first-order valence-corrected chi connectivity index (χ1v) is 8.09. The summed E-state index contributed by atoms with van der Waals surface area (Å²) in [5.74, 6) is 2.06. The smallest absolute Gasteiger partial charge is 0.0116 e. The van der Waals surface area contributed by atoms with E-state index in [1.807, 2.05) is 0 Å².